The number of rotatable bonds is 5. The summed E-state index contributed by atoms with van der Waals surface area (Å²) in [6, 6.07) is 18.3. The Balaban J connectivity index is 1.51. The molecule has 0 aliphatic heterocycles. The molecule has 0 radical (unpaired) electrons. The number of aliphatic hydroxyl groups is 1. The lowest BCUT2D eigenvalue weighted by atomic mass is 9.91. The molecule has 0 aliphatic rings. The van der Waals surface area contributed by atoms with E-state index < -0.39 is 24.1 Å². The summed E-state index contributed by atoms with van der Waals surface area (Å²) in [6.45, 7) is 0.979. The molecule has 0 fully saturated rings. The van der Waals surface area contributed by atoms with Crippen LogP contribution in [-0.2, 0) is 5.60 Å². The van der Waals surface area contributed by atoms with Crippen LogP contribution in [0.4, 0.5) is 23.2 Å². The summed E-state index contributed by atoms with van der Waals surface area (Å²) in [5.74, 6) is -0.410. The first-order valence-corrected chi connectivity index (χ1v) is 10.8. The molecule has 0 amide bonds. The van der Waals surface area contributed by atoms with Crippen molar-refractivity contribution in [3.05, 3.63) is 96.1 Å². The van der Waals surface area contributed by atoms with Crippen LogP contribution in [-0.4, -0.2) is 32.6 Å². The summed E-state index contributed by atoms with van der Waals surface area (Å²) in [7, 11) is 0. The standard InChI is InChI=1S/C26H20F4N4O/c1-16-5-6-17-3-2-4-22(24(17)33-16)31-15-25(35,26(28,29)30)19-7-12-23-18(13-19)14-32-34(23)21-10-8-20(27)9-11-21/h2-14,31,35H,15H2,1H3. The van der Waals surface area contributed by atoms with Gasteiger partial charge in [0.05, 0.1) is 35.1 Å². The second-order valence-electron chi connectivity index (χ2n) is 8.35. The number of halogens is 4. The number of pyridine rings is 1. The first-order chi connectivity index (χ1) is 16.7. The van der Waals surface area contributed by atoms with Crippen LogP contribution in [0.5, 0.6) is 0 Å². The quantitative estimate of drug-likeness (QED) is 0.308. The highest BCUT2D eigenvalue weighted by molar-refractivity contribution is 5.90. The second kappa shape index (κ2) is 8.35. The molecule has 9 heteroatoms. The van der Waals surface area contributed by atoms with Gasteiger partial charge in [0.2, 0.25) is 5.60 Å². The molecule has 0 saturated carbocycles. The Bertz CT molecular complexity index is 1530. The van der Waals surface area contributed by atoms with Gasteiger partial charge in [-0.25, -0.2) is 9.07 Å². The molecule has 5 nitrogen and oxygen atoms in total. The van der Waals surface area contributed by atoms with Gasteiger partial charge in [0.15, 0.2) is 0 Å². The predicted octanol–water partition coefficient (Wildman–Crippen LogP) is 5.88. The van der Waals surface area contributed by atoms with Crippen molar-refractivity contribution in [1.82, 2.24) is 14.8 Å². The van der Waals surface area contributed by atoms with E-state index in [1.54, 1.807) is 19.1 Å². The first-order valence-electron chi connectivity index (χ1n) is 10.8. The van der Waals surface area contributed by atoms with Crippen LogP contribution >= 0.6 is 0 Å². The van der Waals surface area contributed by atoms with E-state index in [1.807, 2.05) is 18.2 Å². The van der Waals surface area contributed by atoms with E-state index in [9.17, 15) is 22.7 Å². The number of aromatic nitrogens is 3. The fourth-order valence-electron chi connectivity index (χ4n) is 4.05. The van der Waals surface area contributed by atoms with Gasteiger partial charge in [-0.2, -0.15) is 18.3 Å². The Hall–Kier alpha value is -3.98. The number of nitrogens with zero attached hydrogens (tertiary/aromatic N) is 3. The van der Waals surface area contributed by atoms with Crippen LogP contribution in [0.15, 0.2) is 79.0 Å². The number of para-hydroxylation sites is 1. The number of anilines is 1. The molecule has 0 spiro atoms. The Kier molecular flexibility index (Phi) is 5.44. The average molecular weight is 480 g/mol. The maximum absolute atomic E-state index is 14.2. The van der Waals surface area contributed by atoms with Crippen molar-refractivity contribution in [2.75, 3.05) is 11.9 Å². The monoisotopic (exact) mass is 480 g/mol. The molecule has 5 rings (SSSR count). The van der Waals surface area contributed by atoms with Gasteiger partial charge >= 0.3 is 6.18 Å². The molecule has 1 atom stereocenters. The maximum atomic E-state index is 14.2. The summed E-state index contributed by atoms with van der Waals surface area (Å²) in [5, 5.41) is 19.1. The number of hydrogen-bond acceptors (Lipinski definition) is 4. The minimum Gasteiger partial charge on any atom is -0.380 e. The summed E-state index contributed by atoms with van der Waals surface area (Å²) >= 11 is 0. The fourth-order valence-corrected chi connectivity index (χ4v) is 4.05. The third kappa shape index (κ3) is 4.08. The van der Waals surface area contributed by atoms with Gasteiger partial charge in [-0.3, -0.25) is 4.98 Å². The molecule has 3 aromatic carbocycles. The van der Waals surface area contributed by atoms with E-state index >= 15 is 0 Å². The smallest absolute Gasteiger partial charge is 0.380 e. The highest BCUT2D eigenvalue weighted by Crippen LogP contribution is 2.40. The molecule has 5 aromatic rings. The van der Waals surface area contributed by atoms with E-state index in [4.69, 9.17) is 0 Å². The molecule has 0 saturated heterocycles. The first kappa shape index (κ1) is 22.8. The van der Waals surface area contributed by atoms with Crippen molar-refractivity contribution in [2.24, 2.45) is 0 Å². The zero-order chi connectivity index (χ0) is 24.8. The van der Waals surface area contributed by atoms with Crippen molar-refractivity contribution in [3.63, 3.8) is 0 Å². The molecular formula is C26H20F4N4O. The van der Waals surface area contributed by atoms with Crippen molar-refractivity contribution in [1.29, 1.82) is 0 Å². The maximum Gasteiger partial charge on any atom is 0.423 e. The Morgan fingerprint density at radius 3 is 2.46 bits per heavy atom. The SMILES string of the molecule is Cc1ccc2cccc(NCC(O)(c3ccc4c(cnn4-c4ccc(F)cc4)c3)C(F)(F)F)c2n1. The lowest BCUT2D eigenvalue weighted by Gasteiger charge is -2.31. The van der Waals surface area contributed by atoms with E-state index in [0.717, 1.165) is 11.1 Å². The van der Waals surface area contributed by atoms with Crippen molar-refractivity contribution < 1.29 is 22.7 Å². The van der Waals surface area contributed by atoms with Gasteiger partial charge in [-0.1, -0.05) is 24.3 Å². The topological polar surface area (TPSA) is 63.0 Å². The van der Waals surface area contributed by atoms with Crippen LogP contribution in [0.1, 0.15) is 11.3 Å². The number of aryl methyl sites for hydroxylation is 1. The third-order valence-corrected chi connectivity index (χ3v) is 5.98. The van der Waals surface area contributed by atoms with Crippen molar-refractivity contribution in [2.45, 2.75) is 18.7 Å². The minimum atomic E-state index is -4.96. The molecule has 1 unspecified atom stereocenters. The van der Waals surface area contributed by atoms with Gasteiger partial charge < -0.3 is 10.4 Å². The Morgan fingerprint density at radius 2 is 1.71 bits per heavy atom. The number of fused-ring (bicyclic) bond motifs is 2. The predicted molar refractivity (Wildman–Crippen MR) is 126 cm³/mol. The zero-order valence-electron chi connectivity index (χ0n) is 18.5. The molecule has 2 aromatic heterocycles. The molecule has 2 N–H and O–H groups in total. The normalized spacial score (nSPS) is 13.8. The molecule has 2 heterocycles. The summed E-state index contributed by atoms with van der Waals surface area (Å²) in [5.41, 5.74) is -0.792. The number of alkyl halides is 3. The van der Waals surface area contributed by atoms with Crippen molar-refractivity contribution >= 4 is 27.5 Å². The second-order valence-corrected chi connectivity index (χ2v) is 8.35. The number of hydrogen-bond donors (Lipinski definition) is 2. The fraction of sp³-hybridized carbons (Fsp3) is 0.154. The third-order valence-electron chi connectivity index (χ3n) is 5.98. The van der Waals surface area contributed by atoms with Gasteiger partial charge in [-0.05, 0) is 61.0 Å². The van der Waals surface area contributed by atoms with Gasteiger partial charge in [-0.15, -0.1) is 0 Å². The van der Waals surface area contributed by atoms with E-state index in [1.165, 1.54) is 53.3 Å². The molecule has 178 valence electrons. The highest BCUT2D eigenvalue weighted by Gasteiger charge is 2.55. The van der Waals surface area contributed by atoms with E-state index in [0.29, 0.717) is 27.8 Å². The molecule has 0 bridgehead atoms. The lowest BCUT2D eigenvalue weighted by molar-refractivity contribution is -0.260. The molecule has 35 heavy (non-hydrogen) atoms. The van der Waals surface area contributed by atoms with Gasteiger partial charge in [0.1, 0.15) is 5.82 Å². The van der Waals surface area contributed by atoms with Gasteiger partial charge in [0.25, 0.3) is 0 Å². The molecule has 0 aliphatic carbocycles. The van der Waals surface area contributed by atoms with Crippen LogP contribution in [0.3, 0.4) is 0 Å². The Morgan fingerprint density at radius 1 is 0.943 bits per heavy atom. The van der Waals surface area contributed by atoms with E-state index in [2.05, 4.69) is 15.4 Å². The summed E-state index contributed by atoms with van der Waals surface area (Å²) in [6.07, 6.45) is -3.56. The average Bonchev–Trinajstić information content (AvgIpc) is 3.25. The summed E-state index contributed by atoms with van der Waals surface area (Å²) < 4.78 is 57.4. The van der Waals surface area contributed by atoms with Crippen LogP contribution in [0.25, 0.3) is 27.5 Å². The largest absolute Gasteiger partial charge is 0.423 e. The Labute approximate surface area is 197 Å². The summed E-state index contributed by atoms with van der Waals surface area (Å²) in [4.78, 5) is 4.43. The molecular weight excluding hydrogens is 460 g/mol. The van der Waals surface area contributed by atoms with Crippen LogP contribution in [0.2, 0.25) is 0 Å². The van der Waals surface area contributed by atoms with Gasteiger partial charge in [0, 0.05) is 16.5 Å². The number of nitrogens with one attached hydrogen (secondary N) is 1. The van der Waals surface area contributed by atoms with Crippen LogP contribution < -0.4 is 5.32 Å². The van der Waals surface area contributed by atoms with Crippen LogP contribution in [0, 0.1) is 12.7 Å². The van der Waals surface area contributed by atoms with Crippen molar-refractivity contribution in [3.8, 4) is 5.69 Å². The number of benzene rings is 3. The minimum absolute atomic E-state index is 0.326. The van der Waals surface area contributed by atoms with E-state index in [-0.39, 0.29) is 5.56 Å². The highest BCUT2D eigenvalue weighted by atomic mass is 19.4. The zero-order valence-corrected chi connectivity index (χ0v) is 18.5. The lowest BCUT2D eigenvalue weighted by Crippen LogP contribution is -2.47.